The number of benzene rings is 1. The first-order valence-corrected chi connectivity index (χ1v) is 7.25. The number of rotatable bonds is 1. The van der Waals surface area contributed by atoms with E-state index >= 15 is 0 Å². The third-order valence-electron chi connectivity index (χ3n) is 3.41. The highest BCUT2D eigenvalue weighted by atomic mass is 35.5. The Morgan fingerprint density at radius 1 is 1.28 bits per heavy atom. The summed E-state index contributed by atoms with van der Waals surface area (Å²) in [6.45, 7) is 7.63. The predicted molar refractivity (Wildman–Crippen MR) is 82.2 cm³/mol. The van der Waals surface area contributed by atoms with Gasteiger partial charge in [0.15, 0.2) is 0 Å². The minimum Gasteiger partial charge on any atom is -0.359 e. The lowest BCUT2D eigenvalue weighted by Crippen LogP contribution is -2.37. The minimum atomic E-state index is 0.0599. The first kappa shape index (κ1) is 13.8. The summed E-state index contributed by atoms with van der Waals surface area (Å²) in [6, 6.07) is 8.60. The average Bonchev–Trinajstić information content (AvgIpc) is 2.76. The van der Waals surface area contributed by atoms with Crippen LogP contribution in [-0.2, 0) is 0 Å². The number of nitrogens with zero attached hydrogens (tertiary/aromatic N) is 1. The van der Waals surface area contributed by atoms with E-state index in [9.17, 15) is 0 Å². The van der Waals surface area contributed by atoms with Crippen LogP contribution in [0.4, 0.5) is 0 Å². The number of likely N-dealkylation sites (tertiary alicyclic amines) is 1. The maximum absolute atomic E-state index is 5.95. The van der Waals surface area contributed by atoms with Crippen LogP contribution >= 0.6 is 23.8 Å². The third kappa shape index (κ3) is 2.86. The van der Waals surface area contributed by atoms with Crippen molar-refractivity contribution in [3.8, 4) is 0 Å². The molecule has 1 nitrogen and oxygen atoms in total. The molecular weight excluding hydrogens is 262 g/mol. The van der Waals surface area contributed by atoms with E-state index in [4.69, 9.17) is 23.8 Å². The Morgan fingerprint density at radius 2 is 1.89 bits per heavy atom. The van der Waals surface area contributed by atoms with E-state index in [1.165, 1.54) is 18.4 Å². The second-order valence-corrected chi connectivity index (χ2v) is 6.78. The molecule has 1 aromatic rings. The van der Waals surface area contributed by atoms with Crippen LogP contribution in [-0.4, -0.2) is 16.4 Å². The van der Waals surface area contributed by atoms with Crippen LogP contribution in [0.2, 0.25) is 5.02 Å². The van der Waals surface area contributed by atoms with Crippen molar-refractivity contribution in [3.05, 3.63) is 34.9 Å². The first-order chi connectivity index (χ1) is 8.39. The van der Waals surface area contributed by atoms with Crippen molar-refractivity contribution in [2.24, 2.45) is 5.41 Å². The van der Waals surface area contributed by atoms with Gasteiger partial charge in [-0.15, -0.1) is 0 Å². The van der Waals surface area contributed by atoms with Gasteiger partial charge in [0.05, 0.1) is 11.0 Å². The number of hydrogen-bond acceptors (Lipinski definition) is 1. The third-order valence-corrected chi connectivity index (χ3v) is 4.51. The molecule has 1 saturated heterocycles. The topological polar surface area (TPSA) is 3.24 Å². The van der Waals surface area contributed by atoms with E-state index < -0.39 is 0 Å². The van der Waals surface area contributed by atoms with E-state index in [1.54, 1.807) is 0 Å². The molecule has 2 rings (SSSR count). The summed E-state index contributed by atoms with van der Waals surface area (Å²) in [5.74, 6) is 0. The van der Waals surface area contributed by atoms with Crippen molar-refractivity contribution in [2.75, 3.05) is 6.54 Å². The Bertz CT molecular complexity index is 433. The minimum absolute atomic E-state index is 0.0599. The monoisotopic (exact) mass is 281 g/mol. The number of thiocarbonyl (C=S) groups is 1. The molecule has 1 aliphatic rings. The van der Waals surface area contributed by atoms with Gasteiger partial charge in [0, 0.05) is 17.0 Å². The van der Waals surface area contributed by atoms with Crippen LogP contribution in [0.5, 0.6) is 0 Å². The Balaban J connectivity index is 2.22. The van der Waals surface area contributed by atoms with Gasteiger partial charge in [-0.3, -0.25) is 0 Å². The zero-order valence-electron chi connectivity index (χ0n) is 11.2. The van der Waals surface area contributed by atoms with Crippen LogP contribution in [0.25, 0.3) is 0 Å². The second kappa shape index (κ2) is 5.18. The van der Waals surface area contributed by atoms with Gasteiger partial charge in [0.25, 0.3) is 0 Å². The molecule has 1 fully saturated rings. The fourth-order valence-corrected chi connectivity index (χ4v) is 2.82. The van der Waals surface area contributed by atoms with Crippen molar-refractivity contribution >= 4 is 28.8 Å². The second-order valence-electron chi connectivity index (χ2n) is 5.96. The Kier molecular flexibility index (Phi) is 3.98. The molecule has 1 unspecified atom stereocenters. The molecule has 1 atom stereocenters. The highest BCUT2D eigenvalue weighted by Crippen LogP contribution is 2.36. The van der Waals surface area contributed by atoms with Crippen LogP contribution in [0.3, 0.4) is 0 Å². The highest BCUT2D eigenvalue weighted by molar-refractivity contribution is 7.80. The summed E-state index contributed by atoms with van der Waals surface area (Å²) < 4.78 is 0. The zero-order valence-corrected chi connectivity index (χ0v) is 12.8. The summed E-state index contributed by atoms with van der Waals surface area (Å²) in [5, 5.41) is 0.793. The van der Waals surface area contributed by atoms with Gasteiger partial charge in [-0.25, -0.2) is 0 Å². The fourth-order valence-electron chi connectivity index (χ4n) is 2.47. The van der Waals surface area contributed by atoms with Crippen molar-refractivity contribution in [1.29, 1.82) is 0 Å². The molecule has 98 valence electrons. The predicted octanol–water partition coefficient (Wildman–Crippen LogP) is 4.85. The molecule has 0 bridgehead atoms. The van der Waals surface area contributed by atoms with Gasteiger partial charge in [-0.05, 0) is 30.5 Å². The molecule has 0 spiro atoms. The highest BCUT2D eigenvalue weighted by Gasteiger charge is 2.32. The normalized spacial score (nSPS) is 20.2. The maximum atomic E-state index is 5.95. The molecule has 3 heteroatoms. The van der Waals surface area contributed by atoms with Gasteiger partial charge in [0.1, 0.15) is 0 Å². The average molecular weight is 282 g/mol. The Labute approximate surface area is 120 Å². The first-order valence-electron chi connectivity index (χ1n) is 6.46. The van der Waals surface area contributed by atoms with Crippen molar-refractivity contribution < 1.29 is 0 Å². The van der Waals surface area contributed by atoms with Crippen molar-refractivity contribution in [2.45, 2.75) is 39.7 Å². The molecular formula is C15H20ClNS. The van der Waals surface area contributed by atoms with Gasteiger partial charge >= 0.3 is 0 Å². The fraction of sp³-hybridized carbons (Fsp3) is 0.533. The number of halogens is 1. The van der Waals surface area contributed by atoms with Crippen LogP contribution in [0.15, 0.2) is 24.3 Å². The van der Waals surface area contributed by atoms with Crippen molar-refractivity contribution in [3.63, 3.8) is 0 Å². The molecule has 0 N–H and O–H groups in total. The molecule has 0 amide bonds. The van der Waals surface area contributed by atoms with E-state index in [0.717, 1.165) is 16.6 Å². The van der Waals surface area contributed by atoms with Gasteiger partial charge < -0.3 is 4.90 Å². The van der Waals surface area contributed by atoms with Gasteiger partial charge in [-0.2, -0.15) is 0 Å². The summed E-state index contributed by atoms with van der Waals surface area (Å²) in [7, 11) is 0. The van der Waals surface area contributed by atoms with E-state index in [1.807, 2.05) is 12.1 Å². The lowest BCUT2D eigenvalue weighted by Gasteiger charge is -2.34. The van der Waals surface area contributed by atoms with Crippen LogP contribution in [0, 0.1) is 5.41 Å². The SMILES string of the molecule is CC(C)(C)C(=S)N1CCCC1c1ccc(Cl)cc1. The molecule has 0 aliphatic carbocycles. The Morgan fingerprint density at radius 3 is 2.44 bits per heavy atom. The summed E-state index contributed by atoms with van der Waals surface area (Å²) >= 11 is 11.6. The zero-order chi connectivity index (χ0) is 13.3. The van der Waals surface area contributed by atoms with E-state index in [2.05, 4.69) is 37.8 Å². The lowest BCUT2D eigenvalue weighted by molar-refractivity contribution is 0.364. The van der Waals surface area contributed by atoms with Crippen molar-refractivity contribution in [1.82, 2.24) is 4.90 Å². The van der Waals surface area contributed by atoms with E-state index in [-0.39, 0.29) is 5.41 Å². The standard InChI is InChI=1S/C15H20ClNS/c1-15(2,3)14(18)17-10-4-5-13(17)11-6-8-12(16)9-7-11/h6-9,13H,4-5,10H2,1-3H3. The molecule has 0 aromatic heterocycles. The molecule has 1 aromatic carbocycles. The summed E-state index contributed by atoms with van der Waals surface area (Å²) in [6.07, 6.45) is 2.39. The van der Waals surface area contributed by atoms with Gasteiger partial charge in [-0.1, -0.05) is 56.7 Å². The molecule has 1 aliphatic heterocycles. The summed E-state index contributed by atoms with van der Waals surface area (Å²) in [4.78, 5) is 3.46. The van der Waals surface area contributed by atoms with Crippen LogP contribution < -0.4 is 0 Å². The molecule has 1 heterocycles. The Hall–Kier alpha value is -0.600. The largest absolute Gasteiger partial charge is 0.359 e. The molecule has 0 radical (unpaired) electrons. The van der Waals surface area contributed by atoms with Crippen LogP contribution in [0.1, 0.15) is 45.2 Å². The van der Waals surface area contributed by atoms with E-state index in [0.29, 0.717) is 6.04 Å². The lowest BCUT2D eigenvalue weighted by atomic mass is 9.94. The summed E-state index contributed by atoms with van der Waals surface area (Å²) in [5.41, 5.74) is 1.38. The quantitative estimate of drug-likeness (QED) is 0.677. The smallest absolute Gasteiger partial charge is 0.0838 e. The number of hydrogen-bond donors (Lipinski definition) is 0. The maximum Gasteiger partial charge on any atom is 0.0838 e. The molecule has 0 saturated carbocycles. The van der Waals surface area contributed by atoms with Gasteiger partial charge in [0.2, 0.25) is 0 Å². The molecule has 18 heavy (non-hydrogen) atoms.